The molecule has 0 saturated carbocycles. The molecule has 1 aliphatic rings. The van der Waals surface area contributed by atoms with Crippen LogP contribution in [0.4, 0.5) is 5.69 Å². The summed E-state index contributed by atoms with van der Waals surface area (Å²) in [4.78, 5) is 13.7. The fourth-order valence-corrected chi connectivity index (χ4v) is 2.69. The maximum atomic E-state index is 11.4. The van der Waals surface area contributed by atoms with Crippen LogP contribution in [0.2, 0.25) is 0 Å². The van der Waals surface area contributed by atoms with Gasteiger partial charge in [0.15, 0.2) is 11.5 Å². The molecule has 1 aliphatic heterocycles. The zero-order valence-electron chi connectivity index (χ0n) is 12.3. The van der Waals surface area contributed by atoms with Crippen LogP contribution in [0.15, 0.2) is 28.8 Å². The van der Waals surface area contributed by atoms with Crippen molar-refractivity contribution >= 4 is 11.5 Å². The Labute approximate surface area is 123 Å². The van der Waals surface area contributed by atoms with Crippen molar-refractivity contribution in [1.82, 2.24) is 5.16 Å². The lowest BCUT2D eigenvalue weighted by atomic mass is 10.1. The van der Waals surface area contributed by atoms with Gasteiger partial charge in [0.1, 0.15) is 12.3 Å². The minimum Gasteiger partial charge on any atom is -0.377 e. The number of carbonyl (C=O) groups is 1. The molecule has 0 spiro atoms. The van der Waals surface area contributed by atoms with E-state index in [2.05, 4.69) is 10.1 Å². The van der Waals surface area contributed by atoms with E-state index in [1.165, 1.54) is 11.3 Å². The highest BCUT2D eigenvalue weighted by Gasteiger charge is 2.21. The van der Waals surface area contributed by atoms with Gasteiger partial charge in [-0.1, -0.05) is 5.16 Å². The number of carbonyl (C=O) groups excluding carboxylic acids is 1. The first-order valence-electron chi connectivity index (χ1n) is 6.99. The first-order chi connectivity index (χ1) is 10.2. The summed E-state index contributed by atoms with van der Waals surface area (Å²) >= 11 is 0. The minimum atomic E-state index is 0.108. The van der Waals surface area contributed by atoms with Crippen LogP contribution in [0, 0.1) is 0 Å². The van der Waals surface area contributed by atoms with Gasteiger partial charge < -0.3 is 14.2 Å². The molecule has 3 rings (SSSR count). The second-order valence-electron chi connectivity index (χ2n) is 5.29. The van der Waals surface area contributed by atoms with Crippen LogP contribution in [0.1, 0.15) is 34.3 Å². The minimum absolute atomic E-state index is 0.108. The highest BCUT2D eigenvalue weighted by atomic mass is 16.5. The van der Waals surface area contributed by atoms with E-state index in [4.69, 9.17) is 9.26 Å². The number of benzene rings is 1. The molecule has 5 nitrogen and oxygen atoms in total. The largest absolute Gasteiger partial charge is 0.377 e. The Balaban J connectivity index is 1.76. The molecule has 0 unspecified atom stereocenters. The third-order valence-electron chi connectivity index (χ3n) is 3.72. The Kier molecular flexibility index (Phi) is 3.75. The van der Waals surface area contributed by atoms with Gasteiger partial charge in [-0.25, -0.2) is 0 Å². The van der Waals surface area contributed by atoms with E-state index in [1.807, 2.05) is 24.3 Å². The van der Waals surface area contributed by atoms with E-state index in [9.17, 15) is 4.79 Å². The Bertz CT molecular complexity index is 663. The van der Waals surface area contributed by atoms with Crippen LogP contribution in [0.5, 0.6) is 0 Å². The summed E-state index contributed by atoms with van der Waals surface area (Å²) in [6.45, 7) is 3.68. The van der Waals surface area contributed by atoms with Gasteiger partial charge in [-0.2, -0.15) is 0 Å². The van der Waals surface area contributed by atoms with Crippen LogP contribution < -0.4 is 4.90 Å². The number of hydrogen-bond donors (Lipinski definition) is 0. The molecule has 2 aromatic rings. The molecule has 0 aliphatic carbocycles. The fraction of sp³-hybridized carbons (Fsp3) is 0.375. The first kappa shape index (κ1) is 13.8. The quantitative estimate of drug-likeness (QED) is 0.791. The van der Waals surface area contributed by atoms with Crippen LogP contribution in [0.25, 0.3) is 0 Å². The molecule has 0 saturated heterocycles. The molecule has 0 bridgehead atoms. The van der Waals surface area contributed by atoms with Crippen LogP contribution >= 0.6 is 0 Å². The van der Waals surface area contributed by atoms with Gasteiger partial charge in [0, 0.05) is 31.0 Å². The lowest BCUT2D eigenvalue weighted by molar-refractivity contribution is 0.101. The molecule has 1 aromatic carbocycles. The summed E-state index contributed by atoms with van der Waals surface area (Å²) in [5, 5.41) is 4.07. The molecule has 0 atom stereocenters. The summed E-state index contributed by atoms with van der Waals surface area (Å²) < 4.78 is 10.2. The fourth-order valence-electron chi connectivity index (χ4n) is 2.69. The molecule has 0 N–H and O–H groups in total. The van der Waals surface area contributed by atoms with Crippen LogP contribution in [-0.2, 0) is 24.3 Å². The molecule has 110 valence electrons. The number of Topliss-reactive ketones (excluding diaryl/α,β-unsaturated/α-hetero) is 1. The summed E-state index contributed by atoms with van der Waals surface area (Å²) in [5.41, 5.74) is 4.07. The Morgan fingerprint density at radius 3 is 3.05 bits per heavy atom. The van der Waals surface area contributed by atoms with E-state index in [1.54, 1.807) is 14.0 Å². The smallest absolute Gasteiger partial charge is 0.162 e. The number of anilines is 1. The summed E-state index contributed by atoms with van der Waals surface area (Å²) in [6, 6.07) is 7.83. The van der Waals surface area contributed by atoms with E-state index < -0.39 is 0 Å². The van der Waals surface area contributed by atoms with Crippen LogP contribution in [0.3, 0.4) is 0 Å². The first-order valence-corrected chi connectivity index (χ1v) is 6.99. The van der Waals surface area contributed by atoms with Crippen LogP contribution in [-0.4, -0.2) is 24.6 Å². The molecule has 0 amide bonds. The second kappa shape index (κ2) is 5.69. The van der Waals surface area contributed by atoms with Gasteiger partial charge in [0.25, 0.3) is 0 Å². The standard InChI is InChI=1S/C16H18N2O3/c1-11(19)12-3-4-16-13(7-12)5-6-18(16)9-14-8-15(10-20-2)21-17-14/h3-4,7-8H,5-6,9-10H2,1-2H3. The number of methoxy groups -OCH3 is 1. The number of ketones is 1. The predicted octanol–water partition coefficient (Wildman–Crippen LogP) is 2.59. The Hall–Kier alpha value is -2.14. The van der Waals surface area contributed by atoms with Gasteiger partial charge in [-0.05, 0) is 37.1 Å². The van der Waals surface area contributed by atoms with E-state index >= 15 is 0 Å². The van der Waals surface area contributed by atoms with Crippen molar-refractivity contribution in [2.45, 2.75) is 26.5 Å². The number of rotatable bonds is 5. The van der Waals surface area contributed by atoms with Gasteiger partial charge in [0.05, 0.1) is 6.54 Å². The monoisotopic (exact) mass is 286 g/mol. The normalized spacial score (nSPS) is 13.5. The van der Waals surface area contributed by atoms with E-state index in [0.29, 0.717) is 13.2 Å². The van der Waals surface area contributed by atoms with Gasteiger partial charge in [-0.15, -0.1) is 0 Å². The molecule has 2 heterocycles. The molecule has 21 heavy (non-hydrogen) atoms. The number of fused-ring (bicyclic) bond motifs is 1. The summed E-state index contributed by atoms with van der Waals surface area (Å²) in [6.07, 6.45) is 0.958. The van der Waals surface area contributed by atoms with Crippen molar-refractivity contribution < 1.29 is 14.1 Å². The lowest BCUT2D eigenvalue weighted by Crippen LogP contribution is -2.19. The predicted molar refractivity (Wildman–Crippen MR) is 78.4 cm³/mol. The maximum absolute atomic E-state index is 11.4. The number of aromatic nitrogens is 1. The number of ether oxygens (including phenoxy) is 1. The molecular formula is C16H18N2O3. The molecule has 0 fully saturated rings. The summed E-state index contributed by atoms with van der Waals surface area (Å²) in [7, 11) is 1.63. The van der Waals surface area contributed by atoms with Crippen molar-refractivity contribution in [2.24, 2.45) is 0 Å². The number of hydrogen-bond acceptors (Lipinski definition) is 5. The average molecular weight is 286 g/mol. The third kappa shape index (κ3) is 2.83. The lowest BCUT2D eigenvalue weighted by Gasteiger charge is -2.17. The van der Waals surface area contributed by atoms with Gasteiger partial charge in [0.2, 0.25) is 0 Å². The molecule has 1 aromatic heterocycles. The SMILES string of the molecule is COCc1cc(CN2CCc3cc(C(C)=O)ccc32)no1. The highest BCUT2D eigenvalue weighted by molar-refractivity contribution is 5.94. The van der Waals surface area contributed by atoms with Crippen molar-refractivity contribution in [3.05, 3.63) is 46.8 Å². The third-order valence-corrected chi connectivity index (χ3v) is 3.72. The maximum Gasteiger partial charge on any atom is 0.162 e. The van der Waals surface area contributed by atoms with Crippen molar-refractivity contribution in [1.29, 1.82) is 0 Å². The number of nitrogens with zero attached hydrogens (tertiary/aromatic N) is 2. The van der Waals surface area contributed by atoms with Gasteiger partial charge in [-0.3, -0.25) is 4.79 Å². The molecule has 5 heteroatoms. The topological polar surface area (TPSA) is 55.6 Å². The van der Waals surface area contributed by atoms with Crippen molar-refractivity contribution in [3.63, 3.8) is 0 Å². The summed E-state index contributed by atoms with van der Waals surface area (Å²) in [5.74, 6) is 0.843. The second-order valence-corrected chi connectivity index (χ2v) is 5.29. The Morgan fingerprint density at radius 2 is 2.29 bits per heavy atom. The molecule has 0 radical (unpaired) electrons. The van der Waals surface area contributed by atoms with Gasteiger partial charge >= 0.3 is 0 Å². The van der Waals surface area contributed by atoms with Crippen molar-refractivity contribution in [2.75, 3.05) is 18.6 Å². The van der Waals surface area contributed by atoms with Crippen molar-refractivity contribution in [3.8, 4) is 0 Å². The Morgan fingerprint density at radius 1 is 1.43 bits per heavy atom. The average Bonchev–Trinajstić information content (AvgIpc) is 3.07. The van der Waals surface area contributed by atoms with E-state index in [-0.39, 0.29) is 5.78 Å². The van der Waals surface area contributed by atoms with E-state index in [0.717, 1.165) is 30.0 Å². The highest BCUT2D eigenvalue weighted by Crippen LogP contribution is 2.30. The molecular weight excluding hydrogens is 268 g/mol. The zero-order valence-corrected chi connectivity index (χ0v) is 12.3. The zero-order chi connectivity index (χ0) is 14.8.